The van der Waals surface area contributed by atoms with Crippen molar-refractivity contribution < 1.29 is 4.79 Å². The summed E-state index contributed by atoms with van der Waals surface area (Å²) in [6, 6.07) is 7.69. The van der Waals surface area contributed by atoms with Gasteiger partial charge in [-0.05, 0) is 25.0 Å². The van der Waals surface area contributed by atoms with Gasteiger partial charge in [0.25, 0.3) is 0 Å². The summed E-state index contributed by atoms with van der Waals surface area (Å²) in [6.45, 7) is 2.04. The van der Waals surface area contributed by atoms with Gasteiger partial charge in [-0.15, -0.1) is 0 Å². The highest BCUT2D eigenvalue weighted by molar-refractivity contribution is 5.81. The van der Waals surface area contributed by atoms with E-state index < -0.39 is 0 Å². The van der Waals surface area contributed by atoms with E-state index in [0.29, 0.717) is 5.82 Å². The minimum atomic E-state index is 0.132. The molecule has 0 spiro atoms. The number of carbonyl (C=O) groups excluding carboxylic acids is 1. The van der Waals surface area contributed by atoms with Crippen molar-refractivity contribution in [1.82, 2.24) is 14.9 Å². The molecule has 5 nitrogen and oxygen atoms in total. The number of hydrogen-bond acceptors (Lipinski definition) is 4. The summed E-state index contributed by atoms with van der Waals surface area (Å²) in [7, 11) is 0. The van der Waals surface area contributed by atoms with Gasteiger partial charge in [0, 0.05) is 13.1 Å². The molecule has 0 bridgehead atoms. The Kier molecular flexibility index (Phi) is 3.27. The first kappa shape index (κ1) is 11.9. The molecule has 1 N–H and O–H groups in total. The molecular weight excluding hydrogens is 240 g/mol. The number of carbonyl (C=O) groups is 1. The van der Waals surface area contributed by atoms with Crippen LogP contribution in [-0.4, -0.2) is 40.4 Å². The predicted octanol–water partition coefficient (Wildman–Crippen LogP) is 1.66. The topological polar surface area (TPSA) is 58.1 Å². The van der Waals surface area contributed by atoms with Crippen molar-refractivity contribution in [2.75, 3.05) is 25.0 Å². The van der Waals surface area contributed by atoms with Crippen molar-refractivity contribution in [3.8, 4) is 0 Å². The van der Waals surface area contributed by atoms with Gasteiger partial charge in [0.05, 0.1) is 23.8 Å². The number of amides is 1. The maximum Gasteiger partial charge on any atom is 0.241 e. The Hall–Kier alpha value is -2.17. The molecule has 0 atom stereocenters. The summed E-state index contributed by atoms with van der Waals surface area (Å²) in [5.41, 5.74) is 1.69. The van der Waals surface area contributed by atoms with E-state index in [9.17, 15) is 4.79 Å². The fraction of sp³-hybridized carbons (Fsp3) is 0.357. The number of aromatic nitrogens is 2. The molecule has 1 fully saturated rings. The lowest BCUT2D eigenvalue weighted by Crippen LogP contribution is -2.33. The molecule has 0 unspecified atom stereocenters. The van der Waals surface area contributed by atoms with Crippen LogP contribution in [0.2, 0.25) is 0 Å². The number of nitrogens with one attached hydrogen (secondary N) is 1. The Balaban J connectivity index is 1.66. The van der Waals surface area contributed by atoms with Crippen molar-refractivity contribution in [3.05, 3.63) is 30.5 Å². The highest BCUT2D eigenvalue weighted by Gasteiger charge is 2.17. The van der Waals surface area contributed by atoms with Crippen molar-refractivity contribution in [3.63, 3.8) is 0 Å². The number of anilines is 1. The molecule has 1 amide bonds. The summed E-state index contributed by atoms with van der Waals surface area (Å²) >= 11 is 0. The molecule has 1 aliphatic heterocycles. The first-order valence-electron chi connectivity index (χ1n) is 6.56. The average Bonchev–Trinajstić information content (AvgIpc) is 2.99. The van der Waals surface area contributed by atoms with E-state index in [2.05, 4.69) is 15.3 Å². The van der Waals surface area contributed by atoms with Crippen molar-refractivity contribution in [2.45, 2.75) is 12.8 Å². The van der Waals surface area contributed by atoms with Gasteiger partial charge in [-0.25, -0.2) is 4.98 Å². The molecule has 0 saturated carbocycles. The third-order valence-electron chi connectivity index (χ3n) is 3.33. The van der Waals surface area contributed by atoms with Crippen LogP contribution in [0.1, 0.15) is 12.8 Å². The third kappa shape index (κ3) is 2.65. The molecule has 3 rings (SSSR count). The Morgan fingerprint density at radius 2 is 1.95 bits per heavy atom. The third-order valence-corrected chi connectivity index (χ3v) is 3.33. The van der Waals surface area contributed by atoms with Crippen LogP contribution in [-0.2, 0) is 4.79 Å². The Morgan fingerprint density at radius 1 is 1.21 bits per heavy atom. The quantitative estimate of drug-likeness (QED) is 0.907. The lowest BCUT2D eigenvalue weighted by atomic mass is 10.3. The van der Waals surface area contributed by atoms with Crippen LogP contribution in [0.15, 0.2) is 30.5 Å². The predicted molar refractivity (Wildman–Crippen MR) is 73.8 cm³/mol. The average molecular weight is 256 g/mol. The zero-order valence-electron chi connectivity index (χ0n) is 10.7. The molecule has 5 heteroatoms. The van der Waals surface area contributed by atoms with Crippen LogP contribution < -0.4 is 5.32 Å². The van der Waals surface area contributed by atoms with Crippen molar-refractivity contribution in [1.29, 1.82) is 0 Å². The lowest BCUT2D eigenvalue weighted by Gasteiger charge is -2.15. The van der Waals surface area contributed by atoms with E-state index in [1.54, 1.807) is 6.20 Å². The van der Waals surface area contributed by atoms with Gasteiger partial charge >= 0.3 is 0 Å². The van der Waals surface area contributed by atoms with Crippen LogP contribution in [0.25, 0.3) is 11.0 Å². The maximum absolute atomic E-state index is 11.9. The Labute approximate surface area is 111 Å². The highest BCUT2D eigenvalue weighted by atomic mass is 16.2. The molecular formula is C14H16N4O. The number of benzene rings is 1. The smallest absolute Gasteiger partial charge is 0.241 e. The van der Waals surface area contributed by atoms with Gasteiger partial charge in [-0.1, -0.05) is 12.1 Å². The maximum atomic E-state index is 11.9. The minimum Gasteiger partial charge on any atom is -0.360 e. The van der Waals surface area contributed by atoms with Crippen LogP contribution in [0.4, 0.5) is 5.82 Å². The molecule has 1 aromatic carbocycles. The fourth-order valence-corrected chi connectivity index (χ4v) is 2.29. The number of hydrogen-bond donors (Lipinski definition) is 1. The van der Waals surface area contributed by atoms with Gasteiger partial charge in [0.15, 0.2) is 0 Å². The zero-order valence-corrected chi connectivity index (χ0v) is 10.7. The van der Waals surface area contributed by atoms with E-state index in [0.717, 1.165) is 37.0 Å². The Morgan fingerprint density at radius 3 is 2.74 bits per heavy atom. The van der Waals surface area contributed by atoms with Crippen LogP contribution in [0, 0.1) is 0 Å². The second-order valence-corrected chi connectivity index (χ2v) is 4.69. The standard InChI is InChI=1S/C14H16N4O/c19-14(18-7-3-4-8-18)10-16-13-9-15-11-5-1-2-6-12(11)17-13/h1-2,5-6,9H,3-4,7-8,10H2,(H,16,17). The zero-order chi connectivity index (χ0) is 13.1. The molecule has 1 aliphatic rings. The highest BCUT2D eigenvalue weighted by Crippen LogP contribution is 2.12. The van der Waals surface area contributed by atoms with E-state index in [4.69, 9.17) is 0 Å². The molecule has 19 heavy (non-hydrogen) atoms. The fourth-order valence-electron chi connectivity index (χ4n) is 2.29. The van der Waals surface area contributed by atoms with E-state index >= 15 is 0 Å². The van der Waals surface area contributed by atoms with Gasteiger partial charge in [0.2, 0.25) is 5.91 Å². The summed E-state index contributed by atoms with van der Waals surface area (Å²) in [6.07, 6.45) is 3.89. The van der Waals surface area contributed by atoms with E-state index in [1.807, 2.05) is 29.2 Å². The molecule has 1 aromatic heterocycles. The molecule has 98 valence electrons. The Bertz CT molecular complexity index is 593. The summed E-state index contributed by atoms with van der Waals surface area (Å²) in [4.78, 5) is 22.5. The first-order chi connectivity index (χ1) is 9.33. The number of para-hydroxylation sites is 2. The monoisotopic (exact) mass is 256 g/mol. The largest absolute Gasteiger partial charge is 0.360 e. The van der Waals surface area contributed by atoms with Gasteiger partial charge in [0.1, 0.15) is 5.82 Å². The van der Waals surface area contributed by atoms with Crippen LogP contribution in [0.5, 0.6) is 0 Å². The number of fused-ring (bicyclic) bond motifs is 1. The molecule has 0 aliphatic carbocycles. The van der Waals surface area contributed by atoms with E-state index in [-0.39, 0.29) is 12.5 Å². The second-order valence-electron chi connectivity index (χ2n) is 4.69. The van der Waals surface area contributed by atoms with Crippen LogP contribution >= 0.6 is 0 Å². The lowest BCUT2D eigenvalue weighted by molar-refractivity contribution is -0.128. The van der Waals surface area contributed by atoms with Crippen LogP contribution in [0.3, 0.4) is 0 Å². The van der Waals surface area contributed by atoms with Gasteiger partial charge in [-0.3, -0.25) is 9.78 Å². The number of rotatable bonds is 3. The summed E-state index contributed by atoms with van der Waals surface area (Å²) in [5.74, 6) is 0.777. The van der Waals surface area contributed by atoms with Gasteiger partial charge in [-0.2, -0.15) is 0 Å². The molecule has 1 saturated heterocycles. The number of likely N-dealkylation sites (tertiary alicyclic amines) is 1. The van der Waals surface area contributed by atoms with Crippen molar-refractivity contribution >= 4 is 22.8 Å². The minimum absolute atomic E-state index is 0.132. The summed E-state index contributed by atoms with van der Waals surface area (Å²) in [5, 5.41) is 3.05. The van der Waals surface area contributed by atoms with Gasteiger partial charge < -0.3 is 10.2 Å². The second kappa shape index (κ2) is 5.22. The molecule has 2 aromatic rings. The number of nitrogens with zero attached hydrogens (tertiary/aromatic N) is 3. The van der Waals surface area contributed by atoms with E-state index in [1.165, 1.54) is 0 Å². The van der Waals surface area contributed by atoms with Crippen molar-refractivity contribution in [2.24, 2.45) is 0 Å². The SMILES string of the molecule is O=C(CNc1cnc2ccccc2n1)N1CCCC1. The molecule has 0 radical (unpaired) electrons. The normalized spacial score (nSPS) is 14.8. The summed E-state index contributed by atoms with van der Waals surface area (Å²) < 4.78 is 0. The first-order valence-corrected chi connectivity index (χ1v) is 6.56. The molecule has 2 heterocycles.